The van der Waals surface area contributed by atoms with Gasteiger partial charge in [-0.2, -0.15) is 0 Å². The summed E-state index contributed by atoms with van der Waals surface area (Å²) in [6.07, 6.45) is 5.20. The van der Waals surface area contributed by atoms with Crippen LogP contribution in [0.2, 0.25) is 0 Å². The summed E-state index contributed by atoms with van der Waals surface area (Å²) in [6, 6.07) is 2.21. The Labute approximate surface area is 77.5 Å². The molecular formula is C10H15FN2. The van der Waals surface area contributed by atoms with Crippen LogP contribution in [0.1, 0.15) is 30.1 Å². The molecule has 0 fully saturated rings. The number of halogens is 1. The number of hydrogen-bond acceptors (Lipinski definition) is 1. The van der Waals surface area contributed by atoms with Gasteiger partial charge in [-0.05, 0) is 30.9 Å². The molecule has 2 N–H and O–H groups in total. The highest BCUT2D eigenvalue weighted by atomic mass is 19.1. The normalized spacial score (nSPS) is 21.5. The summed E-state index contributed by atoms with van der Waals surface area (Å²) in [5.74, 6) is 0. The van der Waals surface area contributed by atoms with Gasteiger partial charge < -0.3 is 10.3 Å². The second-order valence-electron chi connectivity index (χ2n) is 3.60. The molecule has 1 aromatic heterocycles. The Kier molecular flexibility index (Phi) is 2.36. The largest absolute Gasteiger partial charge is 0.348 e. The molecule has 0 bridgehead atoms. The van der Waals surface area contributed by atoms with Gasteiger partial charge >= 0.3 is 0 Å². The van der Waals surface area contributed by atoms with Gasteiger partial charge in [0.15, 0.2) is 0 Å². The maximum Gasteiger partial charge on any atom is 0.107 e. The molecule has 0 saturated carbocycles. The molecule has 2 rings (SSSR count). The first-order valence-corrected chi connectivity index (χ1v) is 4.82. The van der Waals surface area contributed by atoms with E-state index in [0.717, 1.165) is 19.3 Å². The van der Waals surface area contributed by atoms with E-state index in [1.165, 1.54) is 11.3 Å². The van der Waals surface area contributed by atoms with Crippen LogP contribution in [-0.2, 0) is 13.0 Å². The average molecular weight is 182 g/mol. The number of fused-ring (bicyclic) bond motifs is 1. The van der Waals surface area contributed by atoms with Gasteiger partial charge in [0.25, 0.3) is 0 Å². The fourth-order valence-corrected chi connectivity index (χ4v) is 2.09. The van der Waals surface area contributed by atoms with Crippen molar-refractivity contribution in [3.8, 4) is 0 Å². The van der Waals surface area contributed by atoms with Crippen molar-refractivity contribution in [3.63, 3.8) is 0 Å². The van der Waals surface area contributed by atoms with E-state index in [2.05, 4.69) is 0 Å². The van der Waals surface area contributed by atoms with Crippen LogP contribution >= 0.6 is 0 Å². The number of aromatic nitrogens is 1. The van der Waals surface area contributed by atoms with E-state index in [4.69, 9.17) is 5.73 Å². The van der Waals surface area contributed by atoms with Gasteiger partial charge in [-0.1, -0.05) is 0 Å². The lowest BCUT2D eigenvalue weighted by atomic mass is 9.94. The van der Waals surface area contributed by atoms with Crippen molar-refractivity contribution in [2.24, 2.45) is 5.73 Å². The van der Waals surface area contributed by atoms with Crippen molar-refractivity contribution < 1.29 is 4.39 Å². The van der Waals surface area contributed by atoms with Crippen LogP contribution in [0, 0.1) is 0 Å². The van der Waals surface area contributed by atoms with Crippen LogP contribution in [0.4, 0.5) is 4.39 Å². The number of rotatable bonds is 2. The lowest BCUT2D eigenvalue weighted by molar-refractivity contribution is 0.434. The summed E-state index contributed by atoms with van der Waals surface area (Å²) in [6.45, 7) is 0.179. The molecule has 0 amide bonds. The Balaban J connectivity index is 2.30. The molecule has 13 heavy (non-hydrogen) atoms. The van der Waals surface area contributed by atoms with Crippen molar-refractivity contribution in [2.75, 3.05) is 6.67 Å². The van der Waals surface area contributed by atoms with E-state index in [1.54, 1.807) is 0 Å². The van der Waals surface area contributed by atoms with Gasteiger partial charge in [0.05, 0.1) is 6.54 Å². The third-order valence-corrected chi connectivity index (χ3v) is 2.77. The monoisotopic (exact) mass is 182 g/mol. The van der Waals surface area contributed by atoms with Crippen molar-refractivity contribution in [2.45, 2.75) is 31.8 Å². The maximum absolute atomic E-state index is 12.2. The zero-order valence-electron chi connectivity index (χ0n) is 7.67. The summed E-state index contributed by atoms with van der Waals surface area (Å²) < 4.78 is 14.2. The van der Waals surface area contributed by atoms with E-state index in [0.29, 0.717) is 6.54 Å². The van der Waals surface area contributed by atoms with Crippen LogP contribution in [0.25, 0.3) is 0 Å². The average Bonchev–Trinajstić information content (AvgIpc) is 2.51. The van der Waals surface area contributed by atoms with Crippen molar-refractivity contribution in [1.29, 1.82) is 0 Å². The van der Waals surface area contributed by atoms with E-state index in [-0.39, 0.29) is 12.7 Å². The zero-order chi connectivity index (χ0) is 9.26. The molecule has 1 unspecified atom stereocenters. The number of nitrogens with zero attached hydrogens (tertiary/aromatic N) is 1. The molecule has 3 heteroatoms. The van der Waals surface area contributed by atoms with Crippen LogP contribution in [0.15, 0.2) is 12.3 Å². The molecule has 1 atom stereocenters. The Morgan fingerprint density at radius 3 is 3.23 bits per heavy atom. The number of aryl methyl sites for hydroxylation is 1. The minimum Gasteiger partial charge on any atom is -0.348 e. The molecule has 0 saturated heterocycles. The summed E-state index contributed by atoms with van der Waals surface area (Å²) in [5, 5.41) is 0. The maximum atomic E-state index is 12.2. The first kappa shape index (κ1) is 8.75. The zero-order valence-corrected chi connectivity index (χ0v) is 7.67. The Bertz CT molecular complexity index is 293. The highest BCUT2D eigenvalue weighted by Crippen LogP contribution is 2.28. The standard InChI is InChI=1S/C10H15FN2/c11-5-7-13-6-4-8-9(12)2-1-3-10(8)13/h4,6,9H,1-3,5,7,12H2. The van der Waals surface area contributed by atoms with Crippen LogP contribution in [-0.4, -0.2) is 11.2 Å². The molecular weight excluding hydrogens is 167 g/mol. The number of nitrogens with two attached hydrogens (primary N) is 1. The molecule has 1 aliphatic carbocycles. The highest BCUT2D eigenvalue weighted by Gasteiger charge is 2.19. The molecule has 2 nitrogen and oxygen atoms in total. The fourth-order valence-electron chi connectivity index (χ4n) is 2.09. The second-order valence-corrected chi connectivity index (χ2v) is 3.60. The van der Waals surface area contributed by atoms with E-state index in [9.17, 15) is 4.39 Å². The van der Waals surface area contributed by atoms with Crippen molar-refractivity contribution in [1.82, 2.24) is 4.57 Å². The summed E-state index contributed by atoms with van der Waals surface area (Å²) >= 11 is 0. The van der Waals surface area contributed by atoms with Gasteiger partial charge in [0.2, 0.25) is 0 Å². The fraction of sp³-hybridized carbons (Fsp3) is 0.600. The summed E-state index contributed by atoms with van der Waals surface area (Å²) in [5.41, 5.74) is 8.42. The first-order chi connectivity index (χ1) is 6.33. The predicted molar refractivity (Wildman–Crippen MR) is 50.3 cm³/mol. The van der Waals surface area contributed by atoms with Gasteiger partial charge in [0, 0.05) is 17.9 Å². The van der Waals surface area contributed by atoms with Gasteiger partial charge in [-0.3, -0.25) is 0 Å². The van der Waals surface area contributed by atoms with Crippen molar-refractivity contribution in [3.05, 3.63) is 23.5 Å². The van der Waals surface area contributed by atoms with E-state index in [1.807, 2.05) is 16.8 Å². The van der Waals surface area contributed by atoms with Crippen molar-refractivity contribution >= 4 is 0 Å². The third kappa shape index (κ3) is 1.48. The lowest BCUT2D eigenvalue weighted by Crippen LogP contribution is -2.18. The number of hydrogen-bond donors (Lipinski definition) is 1. The molecule has 72 valence electrons. The van der Waals surface area contributed by atoms with E-state index < -0.39 is 0 Å². The van der Waals surface area contributed by atoms with Crippen LogP contribution in [0.3, 0.4) is 0 Å². The van der Waals surface area contributed by atoms with Gasteiger partial charge in [-0.25, -0.2) is 4.39 Å². The molecule has 1 aromatic rings. The van der Waals surface area contributed by atoms with Crippen LogP contribution in [0.5, 0.6) is 0 Å². The summed E-state index contributed by atoms with van der Waals surface area (Å²) in [7, 11) is 0. The quantitative estimate of drug-likeness (QED) is 0.742. The second kappa shape index (κ2) is 3.50. The van der Waals surface area contributed by atoms with Crippen LogP contribution < -0.4 is 5.73 Å². The molecule has 0 aliphatic heterocycles. The van der Waals surface area contributed by atoms with E-state index >= 15 is 0 Å². The Morgan fingerprint density at radius 1 is 1.62 bits per heavy atom. The molecule has 0 aromatic carbocycles. The minimum absolute atomic E-state index is 0.171. The lowest BCUT2D eigenvalue weighted by Gasteiger charge is -2.20. The predicted octanol–water partition coefficient (Wildman–Crippen LogP) is 1.79. The topological polar surface area (TPSA) is 30.9 Å². The SMILES string of the molecule is NC1CCCc2c1ccn2CCF. The Hall–Kier alpha value is -0.830. The minimum atomic E-state index is -0.295. The van der Waals surface area contributed by atoms with Gasteiger partial charge in [-0.15, -0.1) is 0 Å². The smallest absolute Gasteiger partial charge is 0.107 e. The molecule has 1 aliphatic rings. The first-order valence-electron chi connectivity index (χ1n) is 4.82. The summed E-state index contributed by atoms with van der Waals surface area (Å²) in [4.78, 5) is 0. The number of alkyl halides is 1. The Morgan fingerprint density at radius 2 is 2.46 bits per heavy atom. The third-order valence-electron chi connectivity index (χ3n) is 2.77. The van der Waals surface area contributed by atoms with Gasteiger partial charge in [0.1, 0.15) is 6.67 Å². The molecule has 1 heterocycles. The highest BCUT2D eigenvalue weighted by molar-refractivity contribution is 5.28. The molecule has 0 spiro atoms. The molecule has 0 radical (unpaired) electrons.